The average Bonchev–Trinajstić information content (AvgIpc) is 3.36. The molecule has 0 saturated heterocycles. The first kappa shape index (κ1) is 25.6. The van der Waals surface area contributed by atoms with Crippen LogP contribution in [-0.4, -0.2) is 52.7 Å². The number of hydrogen-bond donors (Lipinski definition) is 0. The van der Waals surface area contributed by atoms with Crippen molar-refractivity contribution >= 4 is 11.9 Å². The van der Waals surface area contributed by atoms with Gasteiger partial charge in [0.2, 0.25) is 5.96 Å². The van der Waals surface area contributed by atoms with Crippen LogP contribution in [0, 0.1) is 11.6 Å². The lowest BCUT2D eigenvalue weighted by molar-refractivity contribution is -0.125. The summed E-state index contributed by atoms with van der Waals surface area (Å²) >= 11 is 0. The molecule has 2 aromatic carbocycles. The van der Waals surface area contributed by atoms with Gasteiger partial charge in [0, 0.05) is 49.9 Å². The van der Waals surface area contributed by atoms with Crippen LogP contribution in [0.2, 0.25) is 0 Å². The van der Waals surface area contributed by atoms with Crippen molar-refractivity contribution < 1.29 is 13.6 Å². The average molecular weight is 469 g/mol. The first-order valence-electron chi connectivity index (χ1n) is 12.2. The molecule has 0 unspecified atom stereocenters. The largest absolute Gasteiger partial charge is 0.314 e. The molecule has 5 rings (SSSR count). The summed E-state index contributed by atoms with van der Waals surface area (Å²) in [6.07, 6.45) is 0.783. The third kappa shape index (κ3) is 5.36. The van der Waals surface area contributed by atoms with Gasteiger partial charge in [-0.2, -0.15) is 0 Å². The fraction of sp³-hybridized carbons (Fsp3) is 0.407. The van der Waals surface area contributed by atoms with E-state index in [0.29, 0.717) is 19.0 Å². The van der Waals surface area contributed by atoms with Crippen LogP contribution < -0.4 is 0 Å². The summed E-state index contributed by atoms with van der Waals surface area (Å²) in [5, 5.41) is 0. The van der Waals surface area contributed by atoms with E-state index in [1.165, 1.54) is 22.6 Å². The van der Waals surface area contributed by atoms with Gasteiger partial charge < -0.3 is 4.90 Å². The van der Waals surface area contributed by atoms with Gasteiger partial charge in [0.15, 0.2) is 0 Å². The number of fused-ring (bicyclic) bond motifs is 2. The highest BCUT2D eigenvalue weighted by atomic mass is 19.1. The Balaban J connectivity index is 0.000000771. The molecule has 7 heteroatoms. The van der Waals surface area contributed by atoms with E-state index in [1.54, 1.807) is 0 Å². The number of benzene rings is 2. The highest BCUT2D eigenvalue weighted by molar-refractivity contribution is 6.09. The molecule has 3 heterocycles. The van der Waals surface area contributed by atoms with Crippen molar-refractivity contribution in [2.75, 3.05) is 26.2 Å². The summed E-state index contributed by atoms with van der Waals surface area (Å²) in [5.41, 5.74) is 3.27. The maximum absolute atomic E-state index is 14.3. The second kappa shape index (κ2) is 11.9. The van der Waals surface area contributed by atoms with Crippen LogP contribution in [0.1, 0.15) is 45.2 Å². The minimum absolute atomic E-state index is 0.0374. The summed E-state index contributed by atoms with van der Waals surface area (Å²) in [4.78, 5) is 23.8. The van der Waals surface area contributed by atoms with Crippen molar-refractivity contribution in [3.05, 3.63) is 82.6 Å². The molecule has 5 nitrogen and oxygen atoms in total. The standard InChI is InChI=1S/C23H22F2N4O.2C2H6/c24-18-7-6-17(20(25)12-18)14-29-22(30)19-15-27(13-16-4-2-1-3-5-16)10-8-21(19)28-11-9-26-23(28)29;2*1-2/h1-7,12H,8-11,13-15H2;2*1-2H3. The third-order valence-electron chi connectivity index (χ3n) is 5.88. The van der Waals surface area contributed by atoms with Gasteiger partial charge in [-0.1, -0.05) is 64.1 Å². The number of halogens is 2. The Bertz CT molecular complexity index is 1050. The lowest BCUT2D eigenvalue weighted by Gasteiger charge is -2.42. The lowest BCUT2D eigenvalue weighted by atomic mass is 10.00. The summed E-state index contributed by atoms with van der Waals surface area (Å²) in [7, 11) is 0. The van der Waals surface area contributed by atoms with Crippen LogP contribution >= 0.6 is 0 Å². The van der Waals surface area contributed by atoms with E-state index >= 15 is 0 Å². The first-order chi connectivity index (χ1) is 16.6. The van der Waals surface area contributed by atoms with E-state index in [1.807, 2.05) is 45.9 Å². The molecule has 0 saturated carbocycles. The number of carbonyl (C=O) groups is 1. The zero-order valence-corrected chi connectivity index (χ0v) is 20.5. The number of hydrogen-bond acceptors (Lipinski definition) is 4. The molecule has 0 bridgehead atoms. The van der Waals surface area contributed by atoms with E-state index in [2.05, 4.69) is 26.9 Å². The molecule has 0 fully saturated rings. The van der Waals surface area contributed by atoms with Crippen LogP contribution in [-0.2, 0) is 17.9 Å². The zero-order chi connectivity index (χ0) is 24.7. The van der Waals surface area contributed by atoms with Gasteiger partial charge in [0.05, 0.1) is 18.7 Å². The second-order valence-corrected chi connectivity index (χ2v) is 7.83. The van der Waals surface area contributed by atoms with Gasteiger partial charge >= 0.3 is 0 Å². The van der Waals surface area contributed by atoms with E-state index in [4.69, 9.17) is 0 Å². The van der Waals surface area contributed by atoms with Crippen molar-refractivity contribution in [3.8, 4) is 0 Å². The van der Waals surface area contributed by atoms with E-state index < -0.39 is 11.6 Å². The Labute approximate surface area is 201 Å². The molecule has 0 spiro atoms. The number of aliphatic imine (C=N–C) groups is 1. The monoisotopic (exact) mass is 468 g/mol. The maximum Gasteiger partial charge on any atom is 0.259 e. The van der Waals surface area contributed by atoms with Gasteiger partial charge in [-0.3, -0.25) is 19.6 Å². The minimum Gasteiger partial charge on any atom is -0.314 e. The van der Waals surface area contributed by atoms with Crippen molar-refractivity contribution in [2.24, 2.45) is 4.99 Å². The van der Waals surface area contributed by atoms with Crippen molar-refractivity contribution in [3.63, 3.8) is 0 Å². The Hall–Kier alpha value is -3.06. The van der Waals surface area contributed by atoms with Crippen LogP contribution in [0.3, 0.4) is 0 Å². The Morgan fingerprint density at radius 1 is 0.941 bits per heavy atom. The molecule has 0 N–H and O–H groups in total. The molecule has 1 amide bonds. The second-order valence-electron chi connectivity index (χ2n) is 7.83. The predicted molar refractivity (Wildman–Crippen MR) is 132 cm³/mol. The number of rotatable bonds is 4. The highest BCUT2D eigenvalue weighted by Crippen LogP contribution is 2.32. The first-order valence-corrected chi connectivity index (χ1v) is 12.2. The quantitative estimate of drug-likeness (QED) is 0.620. The van der Waals surface area contributed by atoms with Crippen molar-refractivity contribution in [2.45, 2.75) is 47.2 Å². The van der Waals surface area contributed by atoms with E-state index in [9.17, 15) is 13.6 Å². The van der Waals surface area contributed by atoms with Gasteiger partial charge in [0.25, 0.3) is 5.91 Å². The topological polar surface area (TPSA) is 39.2 Å². The van der Waals surface area contributed by atoms with Crippen LogP contribution in [0.5, 0.6) is 0 Å². The molecule has 0 aromatic heterocycles. The predicted octanol–water partition coefficient (Wildman–Crippen LogP) is 5.19. The van der Waals surface area contributed by atoms with E-state index in [0.717, 1.165) is 43.4 Å². The summed E-state index contributed by atoms with van der Waals surface area (Å²) in [5.74, 6) is -0.834. The van der Waals surface area contributed by atoms with Crippen LogP contribution in [0.15, 0.2) is 64.8 Å². The normalized spacial score (nSPS) is 17.2. The lowest BCUT2D eigenvalue weighted by Crippen LogP contribution is -2.53. The van der Waals surface area contributed by atoms with Gasteiger partial charge in [-0.15, -0.1) is 0 Å². The highest BCUT2D eigenvalue weighted by Gasteiger charge is 2.41. The van der Waals surface area contributed by atoms with Gasteiger partial charge in [0.1, 0.15) is 11.6 Å². The zero-order valence-electron chi connectivity index (χ0n) is 20.5. The maximum atomic E-state index is 14.3. The fourth-order valence-corrected chi connectivity index (χ4v) is 4.41. The number of nitrogens with zero attached hydrogens (tertiary/aromatic N) is 4. The van der Waals surface area contributed by atoms with Crippen molar-refractivity contribution in [1.82, 2.24) is 14.7 Å². The molecule has 2 aromatic rings. The minimum atomic E-state index is -0.651. The smallest absolute Gasteiger partial charge is 0.259 e. The molecule has 3 aliphatic heterocycles. The fourth-order valence-electron chi connectivity index (χ4n) is 4.41. The summed E-state index contributed by atoms with van der Waals surface area (Å²) in [6, 6.07) is 13.7. The molecule has 0 atom stereocenters. The molecule has 34 heavy (non-hydrogen) atoms. The van der Waals surface area contributed by atoms with Crippen LogP contribution in [0.25, 0.3) is 0 Å². The van der Waals surface area contributed by atoms with Crippen molar-refractivity contribution in [1.29, 1.82) is 0 Å². The van der Waals surface area contributed by atoms with Gasteiger partial charge in [-0.05, 0) is 11.6 Å². The van der Waals surface area contributed by atoms with E-state index in [-0.39, 0.29) is 18.0 Å². The molecule has 0 aliphatic carbocycles. The molecule has 182 valence electrons. The Morgan fingerprint density at radius 3 is 2.38 bits per heavy atom. The van der Waals surface area contributed by atoms with Crippen LogP contribution in [0.4, 0.5) is 8.78 Å². The third-order valence-corrected chi connectivity index (χ3v) is 5.88. The Kier molecular flexibility index (Phi) is 8.93. The molecular formula is C27H34F2N4O. The Morgan fingerprint density at radius 2 is 1.68 bits per heavy atom. The summed E-state index contributed by atoms with van der Waals surface area (Å²) < 4.78 is 27.6. The molecule has 3 aliphatic rings. The summed E-state index contributed by atoms with van der Waals surface area (Å²) in [6.45, 7) is 11.6. The number of guanidine groups is 1. The molecule has 0 radical (unpaired) electrons. The number of carbonyl (C=O) groups excluding carboxylic acids is 1. The number of amides is 1. The SMILES string of the molecule is CC.CC.O=C1C2=C(CCN(Cc3ccccc3)C2)N2CCN=C2N1Cc1ccc(F)cc1F. The van der Waals surface area contributed by atoms with Gasteiger partial charge in [-0.25, -0.2) is 8.78 Å². The molecular weight excluding hydrogens is 434 g/mol.